The molecule has 29 heavy (non-hydrogen) atoms. The zero-order chi connectivity index (χ0) is 20.2. The van der Waals surface area contributed by atoms with E-state index >= 15 is 0 Å². The van der Waals surface area contributed by atoms with Gasteiger partial charge in [0.15, 0.2) is 0 Å². The van der Waals surface area contributed by atoms with Crippen LogP contribution >= 0.6 is 24.4 Å². The number of pyridine rings is 1. The average Bonchev–Trinajstić information content (AvgIpc) is 3.42. The molecule has 0 saturated heterocycles. The summed E-state index contributed by atoms with van der Waals surface area (Å²) in [4.78, 5) is 23.3. The van der Waals surface area contributed by atoms with Gasteiger partial charge in [-0.1, -0.05) is 24.3 Å². The van der Waals surface area contributed by atoms with E-state index in [0.29, 0.717) is 0 Å². The number of rotatable bonds is 3. The van der Waals surface area contributed by atoms with Crippen LogP contribution in [0.2, 0.25) is 0 Å². The van der Waals surface area contributed by atoms with E-state index in [1.165, 1.54) is 11.1 Å². The minimum absolute atomic E-state index is 0.0192. The SMILES string of the molecule is CS.O=C(NC1CCc2ccccc21)C1=CN(c2ccnc3[nH]ccc23)CCS1. The Hall–Kier alpha value is -2.38. The predicted octanol–water partition coefficient (Wildman–Crippen LogP) is 4.31. The number of carbonyl (C=O) groups excluding carboxylic acids is 1. The number of H-pyrrole nitrogens is 1. The fourth-order valence-electron chi connectivity index (χ4n) is 3.94. The highest BCUT2D eigenvalue weighted by Gasteiger charge is 2.26. The lowest BCUT2D eigenvalue weighted by atomic mass is 10.1. The van der Waals surface area contributed by atoms with E-state index in [2.05, 4.69) is 51.0 Å². The highest BCUT2D eigenvalue weighted by molar-refractivity contribution is 8.04. The van der Waals surface area contributed by atoms with E-state index in [1.54, 1.807) is 24.2 Å². The van der Waals surface area contributed by atoms with E-state index in [9.17, 15) is 4.79 Å². The molecule has 1 atom stereocenters. The zero-order valence-corrected chi connectivity index (χ0v) is 18.0. The van der Waals surface area contributed by atoms with Crippen molar-refractivity contribution in [1.29, 1.82) is 0 Å². The maximum atomic E-state index is 12.9. The molecule has 2 N–H and O–H groups in total. The molecule has 3 heterocycles. The maximum Gasteiger partial charge on any atom is 0.259 e. The lowest BCUT2D eigenvalue weighted by Gasteiger charge is -2.27. The van der Waals surface area contributed by atoms with E-state index in [4.69, 9.17) is 0 Å². The number of hydrogen-bond donors (Lipinski definition) is 3. The molecule has 1 amide bonds. The second kappa shape index (κ2) is 8.97. The van der Waals surface area contributed by atoms with Crippen LogP contribution < -0.4 is 10.2 Å². The van der Waals surface area contributed by atoms with Crippen molar-refractivity contribution in [3.63, 3.8) is 0 Å². The third-order valence-corrected chi connectivity index (χ3v) is 6.26. The minimum atomic E-state index is 0.0192. The minimum Gasteiger partial charge on any atom is -0.346 e. The Morgan fingerprint density at radius 1 is 1.28 bits per heavy atom. The number of benzene rings is 1. The third kappa shape index (κ3) is 4.02. The number of thioether (sulfide) groups is 1. The molecule has 0 saturated carbocycles. The first kappa shape index (κ1) is 19.9. The Labute approximate surface area is 180 Å². The molecule has 150 valence electrons. The number of aromatic nitrogens is 2. The predicted molar refractivity (Wildman–Crippen MR) is 125 cm³/mol. The molecule has 1 aliphatic heterocycles. The van der Waals surface area contributed by atoms with Crippen LogP contribution in [0.1, 0.15) is 23.6 Å². The summed E-state index contributed by atoms with van der Waals surface area (Å²) in [5.41, 5.74) is 4.55. The van der Waals surface area contributed by atoms with Crippen molar-refractivity contribution >= 4 is 47.0 Å². The first-order chi connectivity index (χ1) is 14.3. The molecule has 3 aromatic rings. The molecule has 2 aromatic heterocycles. The van der Waals surface area contributed by atoms with Crippen LogP contribution in [0.25, 0.3) is 11.0 Å². The number of anilines is 1. The number of fused-ring (bicyclic) bond motifs is 2. The molecule has 5 rings (SSSR count). The number of nitrogens with zero attached hydrogens (tertiary/aromatic N) is 2. The lowest BCUT2D eigenvalue weighted by Crippen LogP contribution is -2.32. The number of thiol groups is 1. The van der Waals surface area contributed by atoms with Gasteiger partial charge in [-0.25, -0.2) is 4.98 Å². The number of aromatic amines is 1. The monoisotopic (exact) mass is 424 g/mol. The molecule has 0 spiro atoms. The van der Waals surface area contributed by atoms with Crippen molar-refractivity contribution in [2.75, 3.05) is 23.5 Å². The fourth-order valence-corrected chi connectivity index (χ4v) is 4.84. The van der Waals surface area contributed by atoms with Gasteiger partial charge in [0.1, 0.15) is 5.65 Å². The molecule has 1 unspecified atom stereocenters. The second-order valence-electron chi connectivity index (χ2n) is 6.87. The molecule has 0 bridgehead atoms. The fraction of sp³-hybridized carbons (Fsp3) is 0.273. The normalized spacial score (nSPS) is 17.9. The van der Waals surface area contributed by atoms with Gasteiger partial charge in [-0.15, -0.1) is 11.8 Å². The van der Waals surface area contributed by atoms with Gasteiger partial charge in [0, 0.05) is 36.3 Å². The smallest absolute Gasteiger partial charge is 0.259 e. The van der Waals surface area contributed by atoms with Gasteiger partial charge in [-0.3, -0.25) is 4.79 Å². The van der Waals surface area contributed by atoms with Gasteiger partial charge in [0.05, 0.1) is 16.6 Å². The summed E-state index contributed by atoms with van der Waals surface area (Å²) in [5.74, 6) is 0.903. The van der Waals surface area contributed by atoms with Gasteiger partial charge in [0.2, 0.25) is 0 Å². The van der Waals surface area contributed by atoms with Gasteiger partial charge >= 0.3 is 0 Å². The Balaban J connectivity index is 0.000000994. The average molecular weight is 425 g/mol. The van der Waals surface area contributed by atoms with Crippen LogP contribution in [-0.2, 0) is 11.2 Å². The van der Waals surface area contributed by atoms with Gasteiger partial charge < -0.3 is 15.2 Å². The molecule has 7 heteroatoms. The number of aryl methyl sites for hydroxylation is 1. The van der Waals surface area contributed by atoms with Crippen LogP contribution in [0, 0.1) is 0 Å². The number of carbonyl (C=O) groups is 1. The summed E-state index contributed by atoms with van der Waals surface area (Å²) in [6, 6.07) is 12.5. The summed E-state index contributed by atoms with van der Waals surface area (Å²) >= 11 is 5.15. The van der Waals surface area contributed by atoms with Gasteiger partial charge in [0.25, 0.3) is 5.91 Å². The lowest BCUT2D eigenvalue weighted by molar-refractivity contribution is -0.117. The third-order valence-electron chi connectivity index (χ3n) is 5.27. The van der Waals surface area contributed by atoms with Gasteiger partial charge in [-0.05, 0) is 42.4 Å². The molecular weight excluding hydrogens is 400 g/mol. The Kier molecular flexibility index (Phi) is 6.16. The van der Waals surface area contributed by atoms with Crippen molar-refractivity contribution in [3.05, 3.63) is 71.0 Å². The molecule has 0 fully saturated rings. The van der Waals surface area contributed by atoms with E-state index in [-0.39, 0.29) is 11.9 Å². The molecule has 5 nitrogen and oxygen atoms in total. The maximum absolute atomic E-state index is 12.9. The summed E-state index contributed by atoms with van der Waals surface area (Å²) in [6.07, 6.45) is 9.38. The first-order valence-electron chi connectivity index (χ1n) is 9.66. The Morgan fingerprint density at radius 3 is 3.03 bits per heavy atom. The number of hydrogen-bond acceptors (Lipinski definition) is 5. The topological polar surface area (TPSA) is 61.0 Å². The Bertz CT molecular complexity index is 1050. The first-order valence-corrected chi connectivity index (χ1v) is 11.5. The van der Waals surface area contributed by atoms with Crippen LogP contribution in [-0.4, -0.2) is 34.4 Å². The van der Waals surface area contributed by atoms with Crippen LogP contribution in [0.4, 0.5) is 5.69 Å². The van der Waals surface area contributed by atoms with Crippen molar-refractivity contribution in [2.45, 2.75) is 18.9 Å². The summed E-state index contributed by atoms with van der Waals surface area (Å²) in [5, 5.41) is 4.31. The standard InChI is InChI=1S/C21H20N4OS.CH4S/c26-21(24-17-6-5-14-3-1-2-4-15(14)17)19-13-25(11-12-27-19)18-8-10-23-20-16(18)7-9-22-20;1-2/h1-4,7-10,13,17H,5-6,11-12H2,(H,22,23)(H,24,26);2H,1H3. The second-order valence-corrected chi connectivity index (χ2v) is 8.01. The van der Waals surface area contributed by atoms with Crippen LogP contribution in [0.15, 0.2) is 59.9 Å². The van der Waals surface area contributed by atoms with Crippen LogP contribution in [0.3, 0.4) is 0 Å². The highest BCUT2D eigenvalue weighted by atomic mass is 32.2. The largest absolute Gasteiger partial charge is 0.346 e. The van der Waals surface area contributed by atoms with Crippen molar-refractivity contribution < 1.29 is 4.79 Å². The Morgan fingerprint density at radius 2 is 2.14 bits per heavy atom. The highest BCUT2D eigenvalue weighted by Crippen LogP contribution is 2.33. The molecule has 0 radical (unpaired) electrons. The molecule has 2 aliphatic rings. The van der Waals surface area contributed by atoms with E-state index < -0.39 is 0 Å². The van der Waals surface area contributed by atoms with E-state index in [1.807, 2.05) is 30.6 Å². The summed E-state index contributed by atoms with van der Waals surface area (Å²) in [7, 11) is 0. The molecular formula is C22H24N4OS2. The van der Waals surface area contributed by atoms with Crippen molar-refractivity contribution in [1.82, 2.24) is 15.3 Å². The zero-order valence-electron chi connectivity index (χ0n) is 16.3. The van der Waals surface area contributed by atoms with Crippen molar-refractivity contribution in [2.24, 2.45) is 0 Å². The number of nitrogens with one attached hydrogen (secondary N) is 2. The molecule has 1 aliphatic carbocycles. The summed E-state index contributed by atoms with van der Waals surface area (Å²) in [6.45, 7) is 0.873. The number of amides is 1. The summed E-state index contributed by atoms with van der Waals surface area (Å²) < 4.78 is 0. The quantitative estimate of drug-likeness (QED) is 0.549. The van der Waals surface area contributed by atoms with Gasteiger partial charge in [-0.2, -0.15) is 12.6 Å². The van der Waals surface area contributed by atoms with E-state index in [0.717, 1.165) is 46.8 Å². The molecule has 1 aromatic carbocycles. The van der Waals surface area contributed by atoms with Crippen LogP contribution in [0.5, 0.6) is 0 Å². The van der Waals surface area contributed by atoms with Crippen molar-refractivity contribution in [3.8, 4) is 0 Å².